The molecule has 0 atom stereocenters. The Balaban J connectivity index is 1.85. The monoisotopic (exact) mass is 268 g/mol. The third kappa shape index (κ3) is 3.75. The molecule has 0 spiro atoms. The average Bonchev–Trinajstić information content (AvgIpc) is 2.38. The van der Waals surface area contributed by atoms with Crippen molar-refractivity contribution in [1.29, 1.82) is 0 Å². The fraction of sp³-hybridized carbons (Fsp3) is 0.500. The zero-order chi connectivity index (χ0) is 12.1. The number of Topliss-reactive ketones (excluding diaryl/α,β-unsaturated/α-hetero) is 1. The van der Waals surface area contributed by atoms with Gasteiger partial charge in [0.2, 0.25) is 0 Å². The van der Waals surface area contributed by atoms with E-state index in [1.54, 1.807) is 11.8 Å². The lowest BCUT2D eigenvalue weighted by Gasteiger charge is -2.20. The number of halogens is 1. The number of hydrogen-bond acceptors (Lipinski definition) is 2. The Labute approximate surface area is 112 Å². The summed E-state index contributed by atoms with van der Waals surface area (Å²) in [5, 5.41) is 0.744. The number of rotatable bonds is 4. The van der Waals surface area contributed by atoms with E-state index in [1.165, 1.54) is 19.3 Å². The van der Waals surface area contributed by atoms with Crippen molar-refractivity contribution in [3.8, 4) is 0 Å². The van der Waals surface area contributed by atoms with Crippen molar-refractivity contribution in [2.45, 2.75) is 37.0 Å². The number of carbonyl (C=O) groups is 1. The molecule has 0 amide bonds. The predicted molar refractivity (Wildman–Crippen MR) is 73.8 cm³/mol. The van der Waals surface area contributed by atoms with Crippen LogP contribution in [-0.4, -0.2) is 11.5 Å². The summed E-state index contributed by atoms with van der Waals surface area (Å²) in [6, 6.07) is 7.71. The van der Waals surface area contributed by atoms with Gasteiger partial charge in [0, 0.05) is 10.8 Å². The van der Waals surface area contributed by atoms with Crippen LogP contribution < -0.4 is 0 Å². The van der Waals surface area contributed by atoms with Gasteiger partial charge in [0.15, 0.2) is 0 Å². The van der Waals surface area contributed by atoms with Gasteiger partial charge in [-0.25, -0.2) is 0 Å². The first-order chi connectivity index (χ1) is 8.27. The van der Waals surface area contributed by atoms with Crippen molar-refractivity contribution < 1.29 is 4.79 Å². The SMILES string of the molecule is O=C(CSc1ccccc1Cl)C1CCCCC1. The van der Waals surface area contributed by atoms with E-state index >= 15 is 0 Å². The van der Waals surface area contributed by atoms with E-state index in [4.69, 9.17) is 11.6 Å². The minimum absolute atomic E-state index is 0.304. The fourth-order valence-corrected chi connectivity index (χ4v) is 3.47. The molecule has 0 saturated heterocycles. The van der Waals surface area contributed by atoms with Gasteiger partial charge in [-0.15, -0.1) is 11.8 Å². The molecule has 0 radical (unpaired) electrons. The summed E-state index contributed by atoms with van der Waals surface area (Å²) in [5.41, 5.74) is 0. The Bertz CT molecular complexity index is 386. The Morgan fingerprint density at radius 1 is 1.24 bits per heavy atom. The van der Waals surface area contributed by atoms with Crippen LogP contribution in [-0.2, 0) is 4.79 Å². The summed E-state index contributed by atoms with van der Waals surface area (Å²) in [4.78, 5) is 13.0. The van der Waals surface area contributed by atoms with Crippen LogP contribution >= 0.6 is 23.4 Å². The molecular weight excluding hydrogens is 252 g/mol. The highest BCUT2D eigenvalue weighted by atomic mass is 35.5. The van der Waals surface area contributed by atoms with E-state index in [2.05, 4.69) is 0 Å². The lowest BCUT2D eigenvalue weighted by atomic mass is 9.87. The highest BCUT2D eigenvalue weighted by molar-refractivity contribution is 8.00. The van der Waals surface area contributed by atoms with Gasteiger partial charge in [0.25, 0.3) is 0 Å². The van der Waals surface area contributed by atoms with Crippen molar-refractivity contribution in [2.24, 2.45) is 5.92 Å². The van der Waals surface area contributed by atoms with E-state index in [1.807, 2.05) is 24.3 Å². The third-order valence-electron chi connectivity index (χ3n) is 3.27. The summed E-state index contributed by atoms with van der Waals surface area (Å²) in [5.74, 6) is 1.27. The molecule has 1 saturated carbocycles. The van der Waals surface area contributed by atoms with E-state index in [0.717, 1.165) is 22.8 Å². The van der Waals surface area contributed by atoms with Crippen molar-refractivity contribution in [1.82, 2.24) is 0 Å². The molecule has 0 aliphatic heterocycles. The lowest BCUT2D eigenvalue weighted by Crippen LogP contribution is -2.19. The Kier molecular flexibility index (Phi) is 4.93. The van der Waals surface area contributed by atoms with Crippen molar-refractivity contribution in [3.05, 3.63) is 29.3 Å². The first-order valence-corrected chi connectivity index (χ1v) is 7.54. The second-order valence-corrected chi connectivity index (χ2v) is 5.94. The predicted octanol–water partition coefficient (Wildman–Crippen LogP) is 4.58. The van der Waals surface area contributed by atoms with Crippen LogP contribution in [0.2, 0.25) is 5.02 Å². The molecule has 17 heavy (non-hydrogen) atoms. The van der Waals surface area contributed by atoms with Gasteiger partial charge >= 0.3 is 0 Å². The number of ketones is 1. The van der Waals surface area contributed by atoms with Gasteiger partial charge in [-0.3, -0.25) is 4.79 Å². The minimum Gasteiger partial charge on any atom is -0.298 e. The van der Waals surface area contributed by atoms with Crippen molar-refractivity contribution >= 4 is 29.1 Å². The topological polar surface area (TPSA) is 17.1 Å². The molecular formula is C14H17ClOS. The molecule has 1 nitrogen and oxygen atoms in total. The maximum atomic E-state index is 12.0. The van der Waals surface area contributed by atoms with Gasteiger partial charge < -0.3 is 0 Å². The molecule has 2 rings (SSSR count). The zero-order valence-electron chi connectivity index (χ0n) is 9.82. The number of carbonyl (C=O) groups excluding carboxylic acids is 1. The van der Waals surface area contributed by atoms with E-state index < -0.39 is 0 Å². The lowest BCUT2D eigenvalue weighted by molar-refractivity contribution is -0.121. The minimum atomic E-state index is 0.304. The summed E-state index contributed by atoms with van der Waals surface area (Å²) in [7, 11) is 0. The first kappa shape index (κ1) is 13.0. The maximum absolute atomic E-state index is 12.0. The molecule has 1 aliphatic carbocycles. The quantitative estimate of drug-likeness (QED) is 0.744. The molecule has 0 N–H and O–H groups in total. The highest BCUT2D eigenvalue weighted by Crippen LogP contribution is 2.30. The third-order valence-corrected chi connectivity index (χ3v) is 4.80. The average molecular weight is 269 g/mol. The molecule has 1 aromatic carbocycles. The maximum Gasteiger partial charge on any atom is 0.146 e. The molecule has 0 unspecified atom stereocenters. The van der Waals surface area contributed by atoms with Crippen LogP contribution in [0, 0.1) is 5.92 Å². The molecule has 1 fully saturated rings. The number of benzene rings is 1. The summed E-state index contributed by atoms with van der Waals surface area (Å²) in [6.45, 7) is 0. The summed E-state index contributed by atoms with van der Waals surface area (Å²) < 4.78 is 0. The van der Waals surface area contributed by atoms with Crippen LogP contribution in [0.3, 0.4) is 0 Å². The largest absolute Gasteiger partial charge is 0.298 e. The smallest absolute Gasteiger partial charge is 0.146 e. The van der Waals surface area contributed by atoms with Gasteiger partial charge in [-0.1, -0.05) is 43.0 Å². The Hall–Kier alpha value is -0.470. The van der Waals surface area contributed by atoms with Crippen LogP contribution in [0.25, 0.3) is 0 Å². The Morgan fingerprint density at radius 3 is 2.65 bits per heavy atom. The van der Waals surface area contributed by atoms with E-state index in [9.17, 15) is 4.79 Å². The van der Waals surface area contributed by atoms with E-state index in [0.29, 0.717) is 17.5 Å². The Morgan fingerprint density at radius 2 is 1.94 bits per heavy atom. The molecule has 3 heteroatoms. The highest BCUT2D eigenvalue weighted by Gasteiger charge is 2.20. The summed E-state index contributed by atoms with van der Waals surface area (Å²) >= 11 is 7.63. The van der Waals surface area contributed by atoms with Crippen LogP contribution in [0.4, 0.5) is 0 Å². The second kappa shape index (κ2) is 6.46. The second-order valence-electron chi connectivity index (χ2n) is 4.52. The van der Waals surface area contributed by atoms with Crippen molar-refractivity contribution in [3.63, 3.8) is 0 Å². The summed E-state index contributed by atoms with van der Waals surface area (Å²) in [6.07, 6.45) is 5.89. The van der Waals surface area contributed by atoms with Crippen molar-refractivity contribution in [2.75, 3.05) is 5.75 Å². The molecule has 1 aromatic rings. The molecule has 0 aromatic heterocycles. The molecule has 0 heterocycles. The standard InChI is InChI=1S/C14H17ClOS/c15-12-8-4-5-9-14(12)17-10-13(16)11-6-2-1-3-7-11/h4-5,8-9,11H,1-3,6-7,10H2. The number of thioether (sulfide) groups is 1. The van der Waals surface area contributed by atoms with Crippen LogP contribution in [0.15, 0.2) is 29.2 Å². The molecule has 1 aliphatic rings. The first-order valence-electron chi connectivity index (χ1n) is 6.17. The fourth-order valence-electron chi connectivity index (χ4n) is 2.25. The normalized spacial score (nSPS) is 17.0. The zero-order valence-corrected chi connectivity index (χ0v) is 11.4. The van der Waals surface area contributed by atoms with Gasteiger partial charge in [0.05, 0.1) is 10.8 Å². The van der Waals surface area contributed by atoms with Crippen LogP contribution in [0.1, 0.15) is 32.1 Å². The van der Waals surface area contributed by atoms with Gasteiger partial charge in [-0.05, 0) is 25.0 Å². The van der Waals surface area contributed by atoms with E-state index in [-0.39, 0.29) is 0 Å². The van der Waals surface area contributed by atoms with Gasteiger partial charge in [-0.2, -0.15) is 0 Å². The van der Waals surface area contributed by atoms with Crippen LogP contribution in [0.5, 0.6) is 0 Å². The van der Waals surface area contributed by atoms with Gasteiger partial charge in [0.1, 0.15) is 5.78 Å². The number of hydrogen-bond donors (Lipinski definition) is 0. The molecule has 92 valence electrons. The molecule has 0 bridgehead atoms.